The van der Waals surface area contributed by atoms with E-state index in [-0.39, 0.29) is 17.7 Å². The molecule has 3 atom stereocenters. The summed E-state index contributed by atoms with van der Waals surface area (Å²) in [5, 5.41) is 0. The van der Waals surface area contributed by atoms with Crippen LogP contribution in [-0.2, 0) is 21.0 Å². The Balaban J connectivity index is 1.72. The molecule has 1 saturated carbocycles. The van der Waals surface area contributed by atoms with Gasteiger partial charge in [0.05, 0.1) is 4.90 Å². The smallest absolute Gasteiger partial charge is 0.189 e. The molecule has 1 fully saturated rings. The average Bonchev–Trinajstić information content (AvgIpc) is 3.52. The quantitative estimate of drug-likeness (QED) is 0.359. The zero-order valence-electron chi connectivity index (χ0n) is 17.4. The minimum Gasteiger partial charge on any atom is -0.223 e. The SMILES string of the molecule is O=S(=O)(c1ccccc1)[C@@]1(c2ccccc2)[C@H](Cc2ccc(F)cc2)[C@@H]1c1ccccc1. The highest BCUT2D eigenvalue weighted by atomic mass is 32.2. The van der Waals surface area contributed by atoms with Gasteiger partial charge >= 0.3 is 0 Å². The second-order valence-corrected chi connectivity index (χ2v) is 10.5. The fourth-order valence-electron chi connectivity index (χ4n) is 5.13. The first-order valence-electron chi connectivity index (χ1n) is 10.7. The number of hydrogen-bond donors (Lipinski definition) is 0. The van der Waals surface area contributed by atoms with Crippen molar-refractivity contribution in [1.29, 1.82) is 0 Å². The van der Waals surface area contributed by atoms with Crippen molar-refractivity contribution in [2.24, 2.45) is 5.92 Å². The van der Waals surface area contributed by atoms with Crippen molar-refractivity contribution in [3.05, 3.63) is 138 Å². The van der Waals surface area contributed by atoms with E-state index in [1.807, 2.05) is 66.7 Å². The fraction of sp³-hybridized carbons (Fsp3) is 0.143. The standard InChI is InChI=1S/C28H23FO2S/c29-24-18-16-21(17-19-24)20-26-27(22-10-4-1-5-11-22)28(26,23-12-6-2-7-13-23)32(30,31)25-14-8-3-9-15-25/h1-19,26-27H,20H2/t26-,27+,28+/m1/s1. The molecule has 0 aliphatic heterocycles. The van der Waals surface area contributed by atoms with Crippen LogP contribution in [0.15, 0.2) is 120 Å². The van der Waals surface area contributed by atoms with E-state index in [1.165, 1.54) is 12.1 Å². The van der Waals surface area contributed by atoms with Crippen molar-refractivity contribution in [2.75, 3.05) is 0 Å². The van der Waals surface area contributed by atoms with Gasteiger partial charge in [0.1, 0.15) is 10.6 Å². The molecule has 0 spiro atoms. The summed E-state index contributed by atoms with van der Waals surface area (Å²) in [7, 11) is -3.73. The topological polar surface area (TPSA) is 34.1 Å². The molecule has 4 aromatic rings. The molecule has 160 valence electrons. The number of hydrogen-bond acceptors (Lipinski definition) is 2. The summed E-state index contributed by atoms with van der Waals surface area (Å²) in [4.78, 5) is 0.325. The zero-order chi connectivity index (χ0) is 22.2. The van der Waals surface area contributed by atoms with Gasteiger partial charge in [-0.15, -0.1) is 0 Å². The predicted octanol–water partition coefficient (Wildman–Crippen LogP) is 6.15. The van der Waals surface area contributed by atoms with E-state index in [1.54, 1.807) is 36.4 Å². The number of sulfone groups is 1. The van der Waals surface area contributed by atoms with Gasteiger partial charge in [-0.3, -0.25) is 0 Å². The van der Waals surface area contributed by atoms with Gasteiger partial charge in [0.25, 0.3) is 0 Å². The van der Waals surface area contributed by atoms with Gasteiger partial charge in [-0.1, -0.05) is 91.0 Å². The molecule has 4 heteroatoms. The first kappa shape index (κ1) is 20.7. The Kier molecular flexibility index (Phi) is 5.18. The van der Waals surface area contributed by atoms with Crippen molar-refractivity contribution in [3.8, 4) is 0 Å². The Morgan fingerprint density at radius 2 is 1.22 bits per heavy atom. The summed E-state index contributed by atoms with van der Waals surface area (Å²) in [6.07, 6.45) is 0.542. The maximum absolute atomic E-state index is 14.3. The van der Waals surface area contributed by atoms with E-state index in [0.29, 0.717) is 11.3 Å². The van der Waals surface area contributed by atoms with E-state index < -0.39 is 14.6 Å². The van der Waals surface area contributed by atoms with Crippen LogP contribution in [-0.4, -0.2) is 8.42 Å². The number of halogens is 1. The summed E-state index contributed by atoms with van der Waals surface area (Å²) < 4.78 is 41.0. The van der Waals surface area contributed by atoms with Crippen LogP contribution in [0.1, 0.15) is 22.6 Å². The molecule has 0 saturated heterocycles. The molecular weight excluding hydrogens is 419 g/mol. The van der Waals surface area contributed by atoms with Crippen LogP contribution in [0.2, 0.25) is 0 Å². The van der Waals surface area contributed by atoms with Gasteiger partial charge in [0.2, 0.25) is 0 Å². The van der Waals surface area contributed by atoms with Gasteiger partial charge < -0.3 is 0 Å². The maximum Gasteiger partial charge on any atom is 0.189 e. The van der Waals surface area contributed by atoms with E-state index in [2.05, 4.69) is 0 Å². The third-order valence-electron chi connectivity index (χ3n) is 6.56. The highest BCUT2D eigenvalue weighted by Crippen LogP contribution is 2.70. The molecule has 32 heavy (non-hydrogen) atoms. The summed E-state index contributed by atoms with van der Waals surface area (Å²) in [6, 6.07) is 34.5. The largest absolute Gasteiger partial charge is 0.223 e. The first-order chi connectivity index (χ1) is 15.5. The van der Waals surface area contributed by atoms with Crippen LogP contribution in [0.25, 0.3) is 0 Å². The lowest BCUT2D eigenvalue weighted by atomic mass is 10.0. The third-order valence-corrected chi connectivity index (χ3v) is 9.13. The normalized spacial score (nSPS) is 22.4. The maximum atomic E-state index is 14.3. The molecule has 0 amide bonds. The summed E-state index contributed by atoms with van der Waals surface area (Å²) >= 11 is 0. The van der Waals surface area contributed by atoms with Crippen molar-refractivity contribution in [2.45, 2.75) is 22.0 Å². The molecule has 1 aliphatic rings. The molecule has 2 nitrogen and oxygen atoms in total. The minimum atomic E-state index is -3.73. The summed E-state index contributed by atoms with van der Waals surface area (Å²) in [6.45, 7) is 0. The second kappa shape index (κ2) is 8.03. The van der Waals surface area contributed by atoms with Gasteiger partial charge in [-0.2, -0.15) is 0 Å². The zero-order valence-corrected chi connectivity index (χ0v) is 18.3. The molecule has 0 heterocycles. The van der Waals surface area contributed by atoms with E-state index >= 15 is 0 Å². The molecule has 0 unspecified atom stereocenters. The highest BCUT2D eigenvalue weighted by Gasteiger charge is 2.73. The lowest BCUT2D eigenvalue weighted by Crippen LogP contribution is -2.25. The Hall–Kier alpha value is -3.24. The molecule has 0 bridgehead atoms. The fourth-order valence-corrected chi connectivity index (χ4v) is 7.66. The monoisotopic (exact) mass is 442 g/mol. The summed E-state index contributed by atoms with van der Waals surface area (Å²) in [5.41, 5.74) is 2.73. The minimum absolute atomic E-state index is 0.178. The van der Waals surface area contributed by atoms with Gasteiger partial charge in [0.15, 0.2) is 9.84 Å². The van der Waals surface area contributed by atoms with E-state index in [9.17, 15) is 12.8 Å². The van der Waals surface area contributed by atoms with Gasteiger partial charge in [-0.05, 0) is 53.3 Å². The van der Waals surface area contributed by atoms with Gasteiger partial charge in [0, 0.05) is 5.92 Å². The van der Waals surface area contributed by atoms with E-state index in [4.69, 9.17) is 0 Å². The predicted molar refractivity (Wildman–Crippen MR) is 125 cm³/mol. The van der Waals surface area contributed by atoms with Crippen LogP contribution in [0, 0.1) is 11.7 Å². The Labute approximate surface area is 188 Å². The lowest BCUT2D eigenvalue weighted by Gasteiger charge is -2.21. The second-order valence-electron chi connectivity index (χ2n) is 8.30. The van der Waals surface area contributed by atoms with Crippen LogP contribution in [0.4, 0.5) is 4.39 Å². The Morgan fingerprint density at radius 3 is 1.81 bits per heavy atom. The summed E-state index contributed by atoms with van der Waals surface area (Å²) in [5.74, 6) is -0.681. The Morgan fingerprint density at radius 1 is 0.688 bits per heavy atom. The van der Waals surface area contributed by atoms with Crippen LogP contribution < -0.4 is 0 Å². The number of benzene rings is 4. The van der Waals surface area contributed by atoms with E-state index in [0.717, 1.165) is 16.7 Å². The molecule has 4 aromatic carbocycles. The molecule has 0 aromatic heterocycles. The van der Waals surface area contributed by atoms with Crippen molar-refractivity contribution in [3.63, 3.8) is 0 Å². The van der Waals surface area contributed by atoms with Crippen LogP contribution in [0.5, 0.6) is 0 Å². The lowest BCUT2D eigenvalue weighted by molar-refractivity contribution is 0.569. The van der Waals surface area contributed by atoms with Crippen LogP contribution >= 0.6 is 0 Å². The van der Waals surface area contributed by atoms with Gasteiger partial charge in [-0.25, -0.2) is 12.8 Å². The third kappa shape index (κ3) is 3.26. The van der Waals surface area contributed by atoms with Crippen molar-refractivity contribution < 1.29 is 12.8 Å². The van der Waals surface area contributed by atoms with Crippen molar-refractivity contribution in [1.82, 2.24) is 0 Å². The Bertz CT molecular complexity index is 1300. The molecule has 0 N–H and O–H groups in total. The molecule has 0 radical (unpaired) electrons. The van der Waals surface area contributed by atoms with Crippen molar-refractivity contribution >= 4 is 9.84 Å². The first-order valence-corrected chi connectivity index (χ1v) is 12.2. The highest BCUT2D eigenvalue weighted by molar-refractivity contribution is 7.92. The molecule has 5 rings (SSSR count). The van der Waals surface area contributed by atoms with Crippen LogP contribution in [0.3, 0.4) is 0 Å². The number of rotatable bonds is 6. The molecule has 1 aliphatic carbocycles. The molecular formula is C28H23FO2S. The average molecular weight is 443 g/mol.